The van der Waals surface area contributed by atoms with Gasteiger partial charge in [-0.3, -0.25) is 9.59 Å². The van der Waals surface area contributed by atoms with Crippen LogP contribution in [0, 0.1) is 0 Å². The topological polar surface area (TPSA) is 96.7 Å². The van der Waals surface area contributed by atoms with Gasteiger partial charge in [-0.25, -0.2) is 12.7 Å². The summed E-state index contributed by atoms with van der Waals surface area (Å²) in [4.78, 5) is 24.6. The minimum Gasteiger partial charge on any atom is -0.451 e. The van der Waals surface area contributed by atoms with Crippen molar-refractivity contribution in [1.82, 2.24) is 4.31 Å². The first kappa shape index (κ1) is 19.1. The van der Waals surface area contributed by atoms with E-state index < -0.39 is 21.4 Å². The fourth-order valence-electron chi connectivity index (χ4n) is 2.35. The summed E-state index contributed by atoms with van der Waals surface area (Å²) < 4.78 is 30.7. The maximum absolute atomic E-state index is 12.4. The van der Waals surface area contributed by atoms with Gasteiger partial charge in [-0.2, -0.15) is 0 Å². The number of benzene rings is 2. The predicted molar refractivity (Wildman–Crippen MR) is 103 cm³/mol. The lowest BCUT2D eigenvalue weighted by atomic mass is 10.2. The Bertz CT molecular complexity index is 1180. The largest absolute Gasteiger partial charge is 0.451 e. The molecule has 2 aromatic carbocycles. The van der Waals surface area contributed by atoms with Crippen LogP contribution in [0.4, 0.5) is 5.69 Å². The normalized spacial score (nSPS) is 11.7. The van der Waals surface area contributed by atoms with Crippen molar-refractivity contribution >= 4 is 44.2 Å². The number of rotatable bonds is 4. The lowest BCUT2D eigenvalue weighted by molar-refractivity contribution is 0.0997. The molecular formula is C18H15ClN2O5S. The number of hydrogen-bond donors (Lipinski definition) is 1. The molecule has 0 atom stereocenters. The Morgan fingerprint density at radius 3 is 2.37 bits per heavy atom. The van der Waals surface area contributed by atoms with E-state index in [1.165, 1.54) is 50.5 Å². The summed E-state index contributed by atoms with van der Waals surface area (Å²) in [5.41, 5.74) is 0.206. The van der Waals surface area contributed by atoms with Crippen molar-refractivity contribution in [2.24, 2.45) is 0 Å². The fourth-order valence-corrected chi connectivity index (χ4v) is 3.43. The van der Waals surface area contributed by atoms with Gasteiger partial charge in [0.15, 0.2) is 11.2 Å². The van der Waals surface area contributed by atoms with Gasteiger partial charge >= 0.3 is 0 Å². The van der Waals surface area contributed by atoms with E-state index >= 15 is 0 Å². The van der Waals surface area contributed by atoms with Crippen LogP contribution in [0.2, 0.25) is 5.02 Å². The molecule has 0 bridgehead atoms. The second-order valence-corrected chi connectivity index (χ2v) is 8.47. The van der Waals surface area contributed by atoms with Crippen LogP contribution in [0.3, 0.4) is 0 Å². The number of anilines is 1. The van der Waals surface area contributed by atoms with Gasteiger partial charge < -0.3 is 9.73 Å². The van der Waals surface area contributed by atoms with Gasteiger partial charge in [0.25, 0.3) is 5.91 Å². The zero-order valence-corrected chi connectivity index (χ0v) is 16.0. The number of halogens is 1. The van der Waals surface area contributed by atoms with E-state index in [4.69, 9.17) is 16.0 Å². The van der Waals surface area contributed by atoms with Crippen LogP contribution in [0.5, 0.6) is 0 Å². The highest BCUT2D eigenvalue weighted by atomic mass is 35.5. The van der Waals surface area contributed by atoms with Crippen molar-refractivity contribution in [2.75, 3.05) is 19.4 Å². The van der Waals surface area contributed by atoms with Gasteiger partial charge in [0, 0.05) is 30.9 Å². The molecule has 3 rings (SSSR count). The Hall–Kier alpha value is -2.68. The molecule has 0 aliphatic rings. The highest BCUT2D eigenvalue weighted by molar-refractivity contribution is 7.89. The van der Waals surface area contributed by atoms with Crippen LogP contribution in [0.1, 0.15) is 10.6 Å². The van der Waals surface area contributed by atoms with E-state index in [2.05, 4.69) is 5.32 Å². The number of nitrogens with one attached hydrogen (secondary N) is 1. The third-order valence-corrected chi connectivity index (χ3v) is 5.87. The van der Waals surface area contributed by atoms with E-state index in [1.807, 2.05) is 0 Å². The first-order valence-electron chi connectivity index (χ1n) is 7.76. The SMILES string of the molecule is CN(C)S(=O)(=O)c1ccc(NC(=O)c2cc(=O)c3cc(Cl)ccc3o2)cc1. The third-order valence-electron chi connectivity index (χ3n) is 3.80. The standard InChI is InChI=1S/C18H15ClN2O5S/c1-21(2)27(24,25)13-6-4-12(5-7-13)20-18(23)17-10-15(22)14-9-11(19)3-8-16(14)26-17/h3-10H,1-2H3,(H,20,23). The maximum Gasteiger partial charge on any atom is 0.291 e. The molecule has 0 aliphatic carbocycles. The molecular weight excluding hydrogens is 392 g/mol. The molecule has 7 nitrogen and oxygen atoms in total. The molecule has 0 aliphatic heterocycles. The molecule has 9 heteroatoms. The molecule has 0 saturated carbocycles. The number of carbonyl (C=O) groups is 1. The van der Waals surface area contributed by atoms with Crippen LogP contribution in [0.15, 0.2) is 62.6 Å². The van der Waals surface area contributed by atoms with Gasteiger partial charge in [0.05, 0.1) is 10.3 Å². The fraction of sp³-hybridized carbons (Fsp3) is 0.111. The summed E-state index contributed by atoms with van der Waals surface area (Å²) in [6.07, 6.45) is 0. The molecule has 1 heterocycles. The first-order valence-corrected chi connectivity index (χ1v) is 9.57. The summed E-state index contributed by atoms with van der Waals surface area (Å²) in [6.45, 7) is 0. The van der Waals surface area contributed by atoms with Crippen molar-refractivity contribution in [3.05, 3.63) is 69.5 Å². The molecule has 0 fully saturated rings. The van der Waals surface area contributed by atoms with Crippen LogP contribution in [0.25, 0.3) is 11.0 Å². The minimum absolute atomic E-state index is 0.0969. The number of nitrogens with zero attached hydrogens (tertiary/aromatic N) is 1. The Balaban J connectivity index is 1.87. The molecule has 1 amide bonds. The van der Waals surface area contributed by atoms with Crippen LogP contribution < -0.4 is 10.7 Å². The quantitative estimate of drug-likeness (QED) is 0.718. The summed E-state index contributed by atoms with van der Waals surface area (Å²) in [5, 5.41) is 3.23. The summed E-state index contributed by atoms with van der Waals surface area (Å²) in [7, 11) is -0.697. The zero-order valence-electron chi connectivity index (χ0n) is 14.4. The number of hydrogen-bond acceptors (Lipinski definition) is 5. The second kappa shape index (κ2) is 7.15. The van der Waals surface area contributed by atoms with Gasteiger partial charge in [-0.1, -0.05) is 11.6 Å². The Morgan fingerprint density at radius 1 is 1.07 bits per heavy atom. The zero-order chi connectivity index (χ0) is 19.8. The molecule has 0 saturated heterocycles. The predicted octanol–water partition coefficient (Wildman–Crippen LogP) is 2.95. The average molecular weight is 407 g/mol. The summed E-state index contributed by atoms with van der Waals surface area (Å²) in [6, 6.07) is 11.3. The Labute approximate surface area is 160 Å². The van der Waals surface area contributed by atoms with Crippen LogP contribution in [-0.4, -0.2) is 32.7 Å². The monoisotopic (exact) mass is 406 g/mol. The van der Waals surface area contributed by atoms with E-state index in [0.29, 0.717) is 10.7 Å². The minimum atomic E-state index is -3.56. The van der Waals surface area contributed by atoms with Crippen molar-refractivity contribution in [3.8, 4) is 0 Å². The van der Waals surface area contributed by atoms with Crippen LogP contribution >= 0.6 is 11.6 Å². The van der Waals surface area contributed by atoms with Crippen LogP contribution in [-0.2, 0) is 10.0 Å². The van der Waals surface area contributed by atoms with E-state index in [0.717, 1.165) is 10.4 Å². The molecule has 1 N–H and O–H groups in total. The second-order valence-electron chi connectivity index (χ2n) is 5.88. The number of amides is 1. The molecule has 0 unspecified atom stereocenters. The Morgan fingerprint density at radius 2 is 1.74 bits per heavy atom. The summed E-state index contributed by atoms with van der Waals surface area (Å²) in [5.74, 6) is -0.799. The van der Waals surface area contributed by atoms with Crippen molar-refractivity contribution in [2.45, 2.75) is 4.90 Å². The van der Waals surface area contributed by atoms with Gasteiger partial charge in [-0.05, 0) is 42.5 Å². The number of sulfonamides is 1. The number of carbonyl (C=O) groups excluding carboxylic acids is 1. The van der Waals surface area contributed by atoms with Crippen molar-refractivity contribution in [3.63, 3.8) is 0 Å². The van der Waals surface area contributed by atoms with E-state index in [1.54, 1.807) is 6.07 Å². The third kappa shape index (κ3) is 3.87. The van der Waals surface area contributed by atoms with Crippen molar-refractivity contribution < 1.29 is 17.6 Å². The molecule has 3 aromatic rings. The lowest BCUT2D eigenvalue weighted by Crippen LogP contribution is -2.22. The highest BCUT2D eigenvalue weighted by Gasteiger charge is 2.17. The molecule has 140 valence electrons. The van der Waals surface area contributed by atoms with E-state index in [9.17, 15) is 18.0 Å². The molecule has 0 spiro atoms. The van der Waals surface area contributed by atoms with Gasteiger partial charge in [0.1, 0.15) is 5.58 Å². The summed E-state index contributed by atoms with van der Waals surface area (Å²) >= 11 is 5.86. The molecule has 0 radical (unpaired) electrons. The first-order chi connectivity index (χ1) is 12.7. The molecule has 27 heavy (non-hydrogen) atoms. The Kier molecular flexibility index (Phi) is 5.05. The number of fused-ring (bicyclic) bond motifs is 1. The average Bonchev–Trinajstić information content (AvgIpc) is 2.62. The lowest BCUT2D eigenvalue weighted by Gasteiger charge is -2.12. The van der Waals surface area contributed by atoms with Gasteiger partial charge in [-0.15, -0.1) is 0 Å². The maximum atomic E-state index is 12.4. The van der Waals surface area contributed by atoms with Crippen molar-refractivity contribution in [1.29, 1.82) is 0 Å². The molecule has 1 aromatic heterocycles. The van der Waals surface area contributed by atoms with Gasteiger partial charge in [0.2, 0.25) is 10.0 Å². The highest BCUT2D eigenvalue weighted by Crippen LogP contribution is 2.20. The van der Waals surface area contributed by atoms with E-state index in [-0.39, 0.29) is 21.6 Å². The smallest absolute Gasteiger partial charge is 0.291 e.